The average Bonchev–Trinajstić information content (AvgIpc) is 2.41. The minimum absolute atomic E-state index is 0.0942. The van der Waals surface area contributed by atoms with Crippen LogP contribution in [0.1, 0.15) is 16.1 Å². The van der Waals surface area contributed by atoms with Crippen LogP contribution in [0.3, 0.4) is 0 Å². The molecule has 1 aromatic heterocycles. The summed E-state index contributed by atoms with van der Waals surface area (Å²) in [7, 11) is 0. The molecule has 0 saturated heterocycles. The number of carbonyl (C=O) groups excluding carboxylic acids is 1. The maximum atomic E-state index is 11.9. The lowest BCUT2D eigenvalue weighted by Gasteiger charge is -2.06. The lowest BCUT2D eigenvalue weighted by Crippen LogP contribution is -2.17. The van der Waals surface area contributed by atoms with E-state index in [1.54, 1.807) is 12.1 Å². The van der Waals surface area contributed by atoms with Crippen molar-refractivity contribution in [2.24, 2.45) is 0 Å². The number of pyridine rings is 1. The summed E-state index contributed by atoms with van der Waals surface area (Å²) in [5.74, 6) is -0.368. The fraction of sp³-hybridized carbons (Fsp3) is 0.143. The van der Waals surface area contributed by atoms with Crippen molar-refractivity contribution in [1.29, 1.82) is 0 Å². The fourth-order valence-electron chi connectivity index (χ4n) is 1.66. The van der Waals surface area contributed by atoms with Gasteiger partial charge in [0.25, 0.3) is 5.91 Å². The number of nitrogens with one attached hydrogen (secondary N) is 2. The summed E-state index contributed by atoms with van der Waals surface area (Å²) in [6, 6.07) is 11.6. The van der Waals surface area contributed by atoms with Gasteiger partial charge in [-0.3, -0.25) is 9.59 Å². The Labute approximate surface area is 109 Å². The van der Waals surface area contributed by atoms with E-state index in [1.807, 2.05) is 12.1 Å². The van der Waals surface area contributed by atoms with Crippen LogP contribution in [-0.4, -0.2) is 22.6 Å². The Morgan fingerprint density at radius 1 is 1.16 bits per heavy atom. The second-order valence-electron chi connectivity index (χ2n) is 4.05. The van der Waals surface area contributed by atoms with Crippen molar-refractivity contribution in [1.82, 2.24) is 4.98 Å². The molecule has 3 N–H and O–H groups in total. The van der Waals surface area contributed by atoms with Crippen LogP contribution in [0.25, 0.3) is 0 Å². The maximum Gasteiger partial charge on any atom is 0.272 e. The maximum absolute atomic E-state index is 11.9. The number of hydrogen-bond donors (Lipinski definition) is 3. The van der Waals surface area contributed by atoms with E-state index in [9.17, 15) is 9.59 Å². The van der Waals surface area contributed by atoms with E-state index >= 15 is 0 Å². The molecular formula is C14H14N2O3. The van der Waals surface area contributed by atoms with Gasteiger partial charge < -0.3 is 15.4 Å². The standard InChI is InChI=1S/C14H14N2O3/c17-9-8-10-4-6-11(7-5-10)15-14(19)12-2-1-3-13(18)16-12/h1-7,17H,8-9H2,(H,15,19)(H,16,18). The molecule has 0 spiro atoms. The summed E-state index contributed by atoms with van der Waals surface area (Å²) >= 11 is 0. The van der Waals surface area contributed by atoms with Crippen molar-refractivity contribution in [3.8, 4) is 0 Å². The van der Waals surface area contributed by atoms with Gasteiger partial charge in [-0.1, -0.05) is 18.2 Å². The molecule has 0 aliphatic rings. The fourth-order valence-corrected chi connectivity index (χ4v) is 1.66. The number of aromatic amines is 1. The molecule has 19 heavy (non-hydrogen) atoms. The van der Waals surface area contributed by atoms with Crippen LogP contribution in [0.2, 0.25) is 0 Å². The Hall–Kier alpha value is -2.40. The summed E-state index contributed by atoms with van der Waals surface area (Å²) < 4.78 is 0. The normalized spacial score (nSPS) is 10.2. The van der Waals surface area contributed by atoms with Crippen molar-refractivity contribution >= 4 is 11.6 Å². The number of anilines is 1. The van der Waals surface area contributed by atoms with E-state index in [4.69, 9.17) is 5.11 Å². The zero-order valence-corrected chi connectivity index (χ0v) is 10.2. The van der Waals surface area contributed by atoms with E-state index in [0.29, 0.717) is 12.1 Å². The molecule has 0 saturated carbocycles. The van der Waals surface area contributed by atoms with Gasteiger partial charge in [0.05, 0.1) is 0 Å². The minimum atomic E-state index is -0.368. The van der Waals surface area contributed by atoms with Crippen LogP contribution < -0.4 is 10.9 Å². The highest BCUT2D eigenvalue weighted by atomic mass is 16.3. The Morgan fingerprint density at radius 2 is 1.89 bits per heavy atom. The highest BCUT2D eigenvalue weighted by molar-refractivity contribution is 6.02. The van der Waals surface area contributed by atoms with Gasteiger partial charge in [0.15, 0.2) is 0 Å². The molecule has 2 rings (SSSR count). The topological polar surface area (TPSA) is 82.2 Å². The van der Waals surface area contributed by atoms with Crippen LogP contribution in [0, 0.1) is 0 Å². The van der Waals surface area contributed by atoms with E-state index in [-0.39, 0.29) is 23.8 Å². The Balaban J connectivity index is 2.08. The third-order valence-corrected chi connectivity index (χ3v) is 2.63. The molecule has 1 aromatic carbocycles. The molecule has 1 amide bonds. The number of rotatable bonds is 4. The number of carbonyl (C=O) groups is 1. The molecule has 0 aliphatic carbocycles. The van der Waals surface area contributed by atoms with Gasteiger partial charge in [0.2, 0.25) is 5.56 Å². The predicted octanol–water partition coefficient (Wildman–Crippen LogP) is 1.16. The molecule has 0 fully saturated rings. The van der Waals surface area contributed by atoms with E-state index in [2.05, 4.69) is 10.3 Å². The molecule has 0 aliphatic heterocycles. The van der Waals surface area contributed by atoms with Crippen LogP contribution in [-0.2, 0) is 6.42 Å². The quantitative estimate of drug-likeness (QED) is 0.769. The molecule has 0 atom stereocenters. The summed E-state index contributed by atoms with van der Waals surface area (Å²) in [6.07, 6.45) is 0.584. The van der Waals surface area contributed by atoms with Crippen molar-refractivity contribution in [3.63, 3.8) is 0 Å². The lowest BCUT2D eigenvalue weighted by atomic mass is 10.1. The zero-order valence-electron chi connectivity index (χ0n) is 10.2. The average molecular weight is 258 g/mol. The second-order valence-corrected chi connectivity index (χ2v) is 4.05. The third-order valence-electron chi connectivity index (χ3n) is 2.63. The number of amides is 1. The predicted molar refractivity (Wildman–Crippen MR) is 72.2 cm³/mol. The highest BCUT2D eigenvalue weighted by Gasteiger charge is 2.06. The second kappa shape index (κ2) is 5.97. The van der Waals surface area contributed by atoms with Gasteiger partial charge in [-0.15, -0.1) is 0 Å². The first-order valence-electron chi connectivity index (χ1n) is 5.89. The number of benzene rings is 1. The van der Waals surface area contributed by atoms with Crippen LogP contribution in [0.4, 0.5) is 5.69 Å². The molecule has 1 heterocycles. The lowest BCUT2D eigenvalue weighted by molar-refractivity contribution is 0.102. The Morgan fingerprint density at radius 3 is 2.53 bits per heavy atom. The first-order valence-corrected chi connectivity index (χ1v) is 5.89. The van der Waals surface area contributed by atoms with Crippen molar-refractivity contribution in [2.75, 3.05) is 11.9 Å². The molecule has 98 valence electrons. The van der Waals surface area contributed by atoms with E-state index < -0.39 is 0 Å². The summed E-state index contributed by atoms with van der Waals surface area (Å²) in [6.45, 7) is 0.0942. The number of aliphatic hydroxyl groups excluding tert-OH is 1. The molecule has 2 aromatic rings. The Bertz CT molecular complexity index is 617. The number of aliphatic hydroxyl groups is 1. The van der Waals surface area contributed by atoms with Gasteiger partial charge in [-0.2, -0.15) is 0 Å². The minimum Gasteiger partial charge on any atom is -0.396 e. The smallest absolute Gasteiger partial charge is 0.272 e. The van der Waals surface area contributed by atoms with Gasteiger partial charge in [0.1, 0.15) is 5.69 Å². The largest absolute Gasteiger partial charge is 0.396 e. The molecule has 0 unspecified atom stereocenters. The van der Waals surface area contributed by atoms with Crippen molar-refractivity contribution in [3.05, 3.63) is 64.1 Å². The number of hydrogen-bond acceptors (Lipinski definition) is 3. The Kier molecular flexibility index (Phi) is 4.10. The SMILES string of the molecule is O=C(Nc1ccc(CCO)cc1)c1cccc(=O)[nH]1. The molecule has 5 heteroatoms. The van der Waals surface area contributed by atoms with Crippen LogP contribution >= 0.6 is 0 Å². The molecule has 5 nitrogen and oxygen atoms in total. The summed E-state index contributed by atoms with van der Waals surface area (Å²) in [5.41, 5.74) is 1.53. The first kappa shape index (κ1) is 13.0. The van der Waals surface area contributed by atoms with Gasteiger partial charge in [-0.05, 0) is 30.2 Å². The van der Waals surface area contributed by atoms with Crippen LogP contribution in [0.15, 0.2) is 47.3 Å². The monoisotopic (exact) mass is 258 g/mol. The zero-order chi connectivity index (χ0) is 13.7. The highest BCUT2D eigenvalue weighted by Crippen LogP contribution is 2.10. The first-order chi connectivity index (χ1) is 9.19. The molecule has 0 bridgehead atoms. The van der Waals surface area contributed by atoms with Crippen molar-refractivity contribution < 1.29 is 9.90 Å². The number of H-pyrrole nitrogens is 1. The van der Waals surface area contributed by atoms with Gasteiger partial charge >= 0.3 is 0 Å². The summed E-state index contributed by atoms with van der Waals surface area (Å²) in [5, 5.41) is 11.5. The van der Waals surface area contributed by atoms with Gasteiger partial charge in [-0.25, -0.2) is 0 Å². The molecule has 0 radical (unpaired) electrons. The van der Waals surface area contributed by atoms with Crippen molar-refractivity contribution in [2.45, 2.75) is 6.42 Å². The van der Waals surface area contributed by atoms with Gasteiger partial charge in [0, 0.05) is 18.4 Å². The molecular weight excluding hydrogens is 244 g/mol. The number of aromatic nitrogens is 1. The third kappa shape index (κ3) is 3.53. The van der Waals surface area contributed by atoms with E-state index in [1.165, 1.54) is 18.2 Å². The van der Waals surface area contributed by atoms with E-state index in [0.717, 1.165) is 5.56 Å². The summed E-state index contributed by atoms with van der Waals surface area (Å²) in [4.78, 5) is 25.4. The van der Waals surface area contributed by atoms with Crippen LogP contribution in [0.5, 0.6) is 0 Å².